The summed E-state index contributed by atoms with van der Waals surface area (Å²) < 4.78 is 4.89. The van der Waals surface area contributed by atoms with Crippen molar-refractivity contribution >= 4 is 5.91 Å². The Morgan fingerprint density at radius 3 is 2.64 bits per heavy atom. The zero-order chi connectivity index (χ0) is 11.0. The van der Waals surface area contributed by atoms with Crippen molar-refractivity contribution in [1.29, 1.82) is 0 Å². The minimum Gasteiger partial charge on any atom is -0.395 e. The molecule has 0 fully saturated rings. The smallest absolute Gasteiger partial charge is 0.239 e. The molecule has 0 saturated carbocycles. The van der Waals surface area contributed by atoms with Gasteiger partial charge < -0.3 is 20.1 Å². The van der Waals surface area contributed by atoms with Crippen LogP contribution < -0.4 is 5.32 Å². The summed E-state index contributed by atoms with van der Waals surface area (Å²) in [6, 6.07) is -0.224. The molecular weight excluding hydrogens is 184 g/mol. The van der Waals surface area contributed by atoms with Gasteiger partial charge in [-0.2, -0.15) is 0 Å². The van der Waals surface area contributed by atoms with Crippen molar-refractivity contribution in [3.05, 3.63) is 0 Å². The average molecular weight is 204 g/mol. The average Bonchev–Trinajstić information content (AvgIpc) is 2.22. The molecule has 0 radical (unpaired) electrons. The summed E-state index contributed by atoms with van der Waals surface area (Å²) in [4.78, 5) is 13.3. The molecule has 0 aliphatic rings. The van der Waals surface area contributed by atoms with Crippen LogP contribution in [0.2, 0.25) is 0 Å². The molecule has 2 N–H and O–H groups in total. The number of amides is 1. The predicted octanol–water partition coefficient (Wildman–Crippen LogP) is -0.938. The standard InChI is InChI=1S/C9H20N2O3/c1-8(10-2)9(13)11(4-6-12)5-7-14-3/h8,10,12H,4-7H2,1-3H3. The first-order chi connectivity index (χ1) is 6.67. The van der Waals surface area contributed by atoms with Gasteiger partial charge in [-0.05, 0) is 14.0 Å². The molecule has 0 aromatic rings. The molecule has 0 aliphatic heterocycles. The van der Waals surface area contributed by atoms with Crippen LogP contribution in [0.4, 0.5) is 0 Å². The Morgan fingerprint density at radius 1 is 1.57 bits per heavy atom. The van der Waals surface area contributed by atoms with Crippen LogP contribution in [-0.2, 0) is 9.53 Å². The number of likely N-dealkylation sites (N-methyl/N-ethyl adjacent to an activating group) is 1. The van der Waals surface area contributed by atoms with Crippen LogP contribution in [-0.4, -0.2) is 62.4 Å². The minimum atomic E-state index is -0.224. The van der Waals surface area contributed by atoms with E-state index in [0.717, 1.165) is 0 Å². The van der Waals surface area contributed by atoms with Gasteiger partial charge in [0, 0.05) is 20.2 Å². The highest BCUT2D eigenvalue weighted by Crippen LogP contribution is 1.94. The number of hydrogen-bond acceptors (Lipinski definition) is 4. The molecule has 5 heteroatoms. The van der Waals surface area contributed by atoms with Crippen molar-refractivity contribution in [2.45, 2.75) is 13.0 Å². The van der Waals surface area contributed by atoms with Gasteiger partial charge in [-0.15, -0.1) is 0 Å². The fourth-order valence-electron chi connectivity index (χ4n) is 1.05. The van der Waals surface area contributed by atoms with E-state index in [-0.39, 0.29) is 18.6 Å². The lowest BCUT2D eigenvalue weighted by Gasteiger charge is -2.24. The maximum Gasteiger partial charge on any atom is 0.239 e. The number of ether oxygens (including phenoxy) is 1. The Morgan fingerprint density at radius 2 is 2.21 bits per heavy atom. The first kappa shape index (κ1) is 13.4. The van der Waals surface area contributed by atoms with Crippen molar-refractivity contribution in [3.63, 3.8) is 0 Å². The molecule has 1 atom stereocenters. The van der Waals surface area contributed by atoms with Gasteiger partial charge in [-0.25, -0.2) is 0 Å². The fourth-order valence-corrected chi connectivity index (χ4v) is 1.05. The Labute approximate surface area is 85.0 Å². The summed E-state index contributed by atoms with van der Waals surface area (Å²) in [5, 5.41) is 11.7. The summed E-state index contributed by atoms with van der Waals surface area (Å²) in [6.07, 6.45) is 0. The van der Waals surface area contributed by atoms with E-state index in [1.165, 1.54) is 0 Å². The second-order valence-corrected chi connectivity index (χ2v) is 3.05. The zero-order valence-corrected chi connectivity index (χ0v) is 9.12. The third-order valence-corrected chi connectivity index (χ3v) is 2.05. The van der Waals surface area contributed by atoms with Crippen LogP contribution >= 0.6 is 0 Å². The molecule has 0 aromatic heterocycles. The monoisotopic (exact) mass is 204 g/mol. The summed E-state index contributed by atoms with van der Waals surface area (Å²) in [6.45, 7) is 3.13. The number of methoxy groups -OCH3 is 1. The quantitative estimate of drug-likeness (QED) is 0.562. The second kappa shape index (κ2) is 7.73. The number of aliphatic hydroxyl groups excluding tert-OH is 1. The van der Waals surface area contributed by atoms with Gasteiger partial charge in [0.2, 0.25) is 5.91 Å². The van der Waals surface area contributed by atoms with E-state index < -0.39 is 0 Å². The SMILES string of the molecule is CNC(C)C(=O)N(CCO)CCOC. The fraction of sp³-hybridized carbons (Fsp3) is 0.889. The summed E-state index contributed by atoms with van der Waals surface area (Å²) in [5.74, 6) is -0.0152. The Kier molecular flexibility index (Phi) is 7.37. The van der Waals surface area contributed by atoms with Crippen LogP contribution in [0.15, 0.2) is 0 Å². The molecule has 1 amide bonds. The maximum atomic E-state index is 11.7. The highest BCUT2D eigenvalue weighted by atomic mass is 16.5. The highest BCUT2D eigenvalue weighted by Gasteiger charge is 2.17. The second-order valence-electron chi connectivity index (χ2n) is 3.05. The zero-order valence-electron chi connectivity index (χ0n) is 9.12. The number of carbonyl (C=O) groups is 1. The lowest BCUT2D eigenvalue weighted by molar-refractivity contribution is -0.134. The number of hydrogen-bond donors (Lipinski definition) is 2. The Hall–Kier alpha value is -0.650. The normalized spacial score (nSPS) is 12.6. The molecule has 0 heterocycles. The molecule has 0 bridgehead atoms. The largest absolute Gasteiger partial charge is 0.395 e. The molecule has 1 unspecified atom stereocenters. The van der Waals surface area contributed by atoms with Crippen LogP contribution in [0.3, 0.4) is 0 Å². The number of rotatable bonds is 7. The number of aliphatic hydroxyl groups is 1. The Bertz CT molecular complexity index is 164. The number of nitrogens with one attached hydrogen (secondary N) is 1. The van der Waals surface area contributed by atoms with Gasteiger partial charge >= 0.3 is 0 Å². The molecular formula is C9H20N2O3. The lowest BCUT2D eigenvalue weighted by Crippen LogP contribution is -2.46. The van der Waals surface area contributed by atoms with Crippen molar-refractivity contribution < 1.29 is 14.6 Å². The first-order valence-corrected chi connectivity index (χ1v) is 4.73. The highest BCUT2D eigenvalue weighted by molar-refractivity contribution is 5.81. The van der Waals surface area contributed by atoms with Gasteiger partial charge in [-0.1, -0.05) is 0 Å². The van der Waals surface area contributed by atoms with Crippen LogP contribution in [0, 0.1) is 0 Å². The van der Waals surface area contributed by atoms with Gasteiger partial charge in [0.05, 0.1) is 19.3 Å². The third kappa shape index (κ3) is 4.55. The maximum absolute atomic E-state index is 11.7. The molecule has 0 spiro atoms. The van der Waals surface area contributed by atoms with Crippen LogP contribution in [0.5, 0.6) is 0 Å². The van der Waals surface area contributed by atoms with E-state index in [1.807, 2.05) is 0 Å². The molecule has 0 saturated heterocycles. The van der Waals surface area contributed by atoms with Gasteiger partial charge in [0.15, 0.2) is 0 Å². The van der Waals surface area contributed by atoms with E-state index >= 15 is 0 Å². The molecule has 0 rings (SSSR count). The first-order valence-electron chi connectivity index (χ1n) is 4.73. The van der Waals surface area contributed by atoms with Crippen molar-refractivity contribution in [1.82, 2.24) is 10.2 Å². The van der Waals surface area contributed by atoms with Crippen molar-refractivity contribution in [2.75, 3.05) is 40.5 Å². The third-order valence-electron chi connectivity index (χ3n) is 2.05. The van der Waals surface area contributed by atoms with Crippen LogP contribution in [0.25, 0.3) is 0 Å². The van der Waals surface area contributed by atoms with Crippen molar-refractivity contribution in [2.24, 2.45) is 0 Å². The molecule has 14 heavy (non-hydrogen) atoms. The van der Waals surface area contributed by atoms with E-state index in [0.29, 0.717) is 19.7 Å². The van der Waals surface area contributed by atoms with E-state index in [1.54, 1.807) is 26.0 Å². The molecule has 5 nitrogen and oxygen atoms in total. The number of carbonyl (C=O) groups excluding carboxylic acids is 1. The number of nitrogens with zero attached hydrogens (tertiary/aromatic N) is 1. The van der Waals surface area contributed by atoms with Gasteiger partial charge in [0.1, 0.15) is 0 Å². The molecule has 0 aromatic carbocycles. The van der Waals surface area contributed by atoms with Gasteiger partial charge in [0.25, 0.3) is 0 Å². The lowest BCUT2D eigenvalue weighted by atomic mass is 10.3. The van der Waals surface area contributed by atoms with E-state index in [9.17, 15) is 4.79 Å². The molecule has 84 valence electrons. The van der Waals surface area contributed by atoms with Crippen molar-refractivity contribution in [3.8, 4) is 0 Å². The van der Waals surface area contributed by atoms with E-state index in [4.69, 9.17) is 9.84 Å². The summed E-state index contributed by atoms with van der Waals surface area (Å²) in [7, 11) is 3.32. The predicted molar refractivity (Wildman–Crippen MR) is 54.1 cm³/mol. The summed E-state index contributed by atoms with van der Waals surface area (Å²) >= 11 is 0. The summed E-state index contributed by atoms with van der Waals surface area (Å²) in [5.41, 5.74) is 0. The van der Waals surface area contributed by atoms with Crippen LogP contribution in [0.1, 0.15) is 6.92 Å². The topological polar surface area (TPSA) is 61.8 Å². The Balaban J connectivity index is 4.10. The minimum absolute atomic E-state index is 0.0152. The van der Waals surface area contributed by atoms with E-state index in [2.05, 4.69) is 5.32 Å². The van der Waals surface area contributed by atoms with Gasteiger partial charge in [-0.3, -0.25) is 4.79 Å². The molecule has 0 aliphatic carbocycles.